The van der Waals surface area contributed by atoms with E-state index in [4.69, 9.17) is 0 Å². The fourth-order valence-electron chi connectivity index (χ4n) is 2.96. The molecule has 0 saturated heterocycles. The van der Waals surface area contributed by atoms with Gasteiger partial charge in [0.25, 0.3) is 0 Å². The zero-order valence-electron chi connectivity index (χ0n) is 15.8. The summed E-state index contributed by atoms with van der Waals surface area (Å²) in [6, 6.07) is 18.7. The van der Waals surface area contributed by atoms with Crippen LogP contribution in [0, 0.1) is 5.82 Å². The van der Waals surface area contributed by atoms with Crippen molar-refractivity contribution in [3.05, 3.63) is 77.7 Å². The molecule has 0 saturated carbocycles. The van der Waals surface area contributed by atoms with E-state index in [1.54, 1.807) is 12.1 Å². The van der Waals surface area contributed by atoms with Crippen molar-refractivity contribution in [2.45, 2.75) is 26.7 Å². The van der Waals surface area contributed by atoms with E-state index < -0.39 is 0 Å². The standard InChI is InChI=1S/C22H25FN4/c1-3-27(4-2)21-16-20(13-10-17-8-6-5-7-9-17)25-22(26-21)24-19-14-11-18(23)12-15-19/h5-9,11-12,14-16H,3-4,10,13H2,1-2H3,(H,24,25,26). The van der Waals surface area contributed by atoms with E-state index >= 15 is 0 Å². The first kappa shape index (κ1) is 18.8. The first-order valence-corrected chi connectivity index (χ1v) is 9.37. The first-order chi connectivity index (χ1) is 13.2. The molecule has 0 fully saturated rings. The Bertz CT molecular complexity index is 846. The van der Waals surface area contributed by atoms with Gasteiger partial charge in [0.15, 0.2) is 0 Å². The summed E-state index contributed by atoms with van der Waals surface area (Å²) >= 11 is 0. The zero-order chi connectivity index (χ0) is 19.1. The smallest absolute Gasteiger partial charge is 0.229 e. The second kappa shape index (κ2) is 9.12. The van der Waals surface area contributed by atoms with Crippen LogP contribution in [-0.4, -0.2) is 23.1 Å². The van der Waals surface area contributed by atoms with E-state index in [0.717, 1.165) is 43.1 Å². The molecule has 2 aromatic carbocycles. The first-order valence-electron chi connectivity index (χ1n) is 9.37. The van der Waals surface area contributed by atoms with Gasteiger partial charge in [0.2, 0.25) is 5.95 Å². The normalized spacial score (nSPS) is 10.6. The Morgan fingerprint density at radius 3 is 2.26 bits per heavy atom. The fourth-order valence-corrected chi connectivity index (χ4v) is 2.96. The van der Waals surface area contributed by atoms with Crippen molar-refractivity contribution in [2.24, 2.45) is 0 Å². The van der Waals surface area contributed by atoms with Crippen molar-refractivity contribution in [1.82, 2.24) is 9.97 Å². The lowest BCUT2D eigenvalue weighted by atomic mass is 10.1. The average molecular weight is 364 g/mol. The van der Waals surface area contributed by atoms with Gasteiger partial charge in [-0.3, -0.25) is 0 Å². The number of nitrogens with one attached hydrogen (secondary N) is 1. The highest BCUT2D eigenvalue weighted by Gasteiger charge is 2.10. The molecule has 4 nitrogen and oxygen atoms in total. The van der Waals surface area contributed by atoms with Gasteiger partial charge in [-0.2, -0.15) is 4.98 Å². The SMILES string of the molecule is CCN(CC)c1cc(CCc2ccccc2)nc(Nc2ccc(F)cc2)n1. The molecule has 3 aromatic rings. The van der Waals surface area contributed by atoms with Crippen molar-refractivity contribution in [2.75, 3.05) is 23.3 Å². The lowest BCUT2D eigenvalue weighted by molar-refractivity contribution is 0.628. The van der Waals surface area contributed by atoms with Crippen LogP contribution in [-0.2, 0) is 12.8 Å². The van der Waals surface area contributed by atoms with Gasteiger partial charge >= 0.3 is 0 Å². The lowest BCUT2D eigenvalue weighted by Gasteiger charge is -2.21. The Balaban J connectivity index is 1.84. The molecular weight excluding hydrogens is 339 g/mol. The molecule has 1 aromatic heterocycles. The van der Waals surface area contributed by atoms with E-state index in [1.807, 2.05) is 6.07 Å². The highest BCUT2D eigenvalue weighted by atomic mass is 19.1. The Morgan fingerprint density at radius 2 is 1.59 bits per heavy atom. The monoisotopic (exact) mass is 364 g/mol. The molecule has 0 spiro atoms. The van der Waals surface area contributed by atoms with Crippen LogP contribution in [0.3, 0.4) is 0 Å². The average Bonchev–Trinajstić information content (AvgIpc) is 2.70. The Kier molecular flexibility index (Phi) is 6.36. The molecule has 1 N–H and O–H groups in total. The fraction of sp³-hybridized carbons (Fsp3) is 0.273. The third kappa shape index (κ3) is 5.26. The minimum Gasteiger partial charge on any atom is -0.357 e. The highest BCUT2D eigenvalue weighted by Crippen LogP contribution is 2.20. The zero-order valence-corrected chi connectivity index (χ0v) is 15.8. The van der Waals surface area contributed by atoms with Crippen molar-refractivity contribution in [1.29, 1.82) is 0 Å². The van der Waals surface area contributed by atoms with Gasteiger partial charge < -0.3 is 10.2 Å². The summed E-state index contributed by atoms with van der Waals surface area (Å²) in [5.41, 5.74) is 3.04. The molecule has 0 aliphatic heterocycles. The summed E-state index contributed by atoms with van der Waals surface area (Å²) in [4.78, 5) is 11.5. The predicted octanol–water partition coefficient (Wildman–Crippen LogP) is 4.99. The molecule has 0 amide bonds. The Hall–Kier alpha value is -2.95. The number of aromatic nitrogens is 2. The number of halogens is 1. The van der Waals surface area contributed by atoms with Crippen molar-refractivity contribution >= 4 is 17.5 Å². The summed E-state index contributed by atoms with van der Waals surface area (Å²) < 4.78 is 13.1. The second-order valence-electron chi connectivity index (χ2n) is 6.33. The number of anilines is 3. The molecular formula is C22H25FN4. The number of hydrogen-bond acceptors (Lipinski definition) is 4. The van der Waals surface area contributed by atoms with Gasteiger partial charge in [0.05, 0.1) is 0 Å². The van der Waals surface area contributed by atoms with Gasteiger partial charge in [-0.1, -0.05) is 30.3 Å². The van der Waals surface area contributed by atoms with Crippen LogP contribution in [0.1, 0.15) is 25.1 Å². The maximum Gasteiger partial charge on any atom is 0.229 e. The maximum absolute atomic E-state index is 13.1. The molecule has 0 aliphatic carbocycles. The van der Waals surface area contributed by atoms with Crippen molar-refractivity contribution < 1.29 is 4.39 Å². The minimum atomic E-state index is -0.262. The van der Waals surface area contributed by atoms with Crippen molar-refractivity contribution in [3.63, 3.8) is 0 Å². The topological polar surface area (TPSA) is 41.1 Å². The van der Waals surface area contributed by atoms with Gasteiger partial charge in [-0.15, -0.1) is 0 Å². The van der Waals surface area contributed by atoms with Gasteiger partial charge in [-0.25, -0.2) is 9.37 Å². The molecule has 0 bridgehead atoms. The van der Waals surface area contributed by atoms with Crippen LogP contribution < -0.4 is 10.2 Å². The van der Waals surface area contributed by atoms with Crippen LogP contribution in [0.25, 0.3) is 0 Å². The summed E-state index contributed by atoms with van der Waals surface area (Å²) in [6.07, 6.45) is 1.75. The van der Waals surface area contributed by atoms with Crippen LogP contribution in [0.15, 0.2) is 60.7 Å². The number of aryl methyl sites for hydroxylation is 2. The third-order valence-corrected chi connectivity index (χ3v) is 4.47. The van der Waals surface area contributed by atoms with Crippen LogP contribution in [0.2, 0.25) is 0 Å². The summed E-state index contributed by atoms with van der Waals surface area (Å²) in [7, 11) is 0. The van der Waals surface area contributed by atoms with E-state index in [1.165, 1.54) is 17.7 Å². The molecule has 0 aliphatic rings. The van der Waals surface area contributed by atoms with E-state index in [2.05, 4.69) is 64.4 Å². The third-order valence-electron chi connectivity index (χ3n) is 4.47. The predicted molar refractivity (Wildman–Crippen MR) is 109 cm³/mol. The Morgan fingerprint density at radius 1 is 0.889 bits per heavy atom. The minimum absolute atomic E-state index is 0.262. The molecule has 140 valence electrons. The molecule has 0 radical (unpaired) electrons. The second-order valence-corrected chi connectivity index (χ2v) is 6.33. The summed E-state index contributed by atoms with van der Waals surface area (Å²) in [5, 5.41) is 3.20. The lowest BCUT2D eigenvalue weighted by Crippen LogP contribution is -2.23. The van der Waals surface area contributed by atoms with Crippen LogP contribution in [0.4, 0.5) is 21.8 Å². The maximum atomic E-state index is 13.1. The van der Waals surface area contributed by atoms with Gasteiger partial charge in [-0.05, 0) is 56.5 Å². The highest BCUT2D eigenvalue weighted by molar-refractivity contribution is 5.55. The van der Waals surface area contributed by atoms with Crippen LogP contribution in [0.5, 0.6) is 0 Å². The summed E-state index contributed by atoms with van der Waals surface area (Å²) in [5.74, 6) is 1.18. The molecule has 3 rings (SSSR count). The Labute approximate surface area is 160 Å². The summed E-state index contributed by atoms with van der Waals surface area (Å²) in [6.45, 7) is 5.98. The van der Waals surface area contributed by atoms with Crippen molar-refractivity contribution in [3.8, 4) is 0 Å². The van der Waals surface area contributed by atoms with Crippen LogP contribution >= 0.6 is 0 Å². The quantitative estimate of drug-likeness (QED) is 0.611. The van der Waals surface area contributed by atoms with E-state index in [-0.39, 0.29) is 5.82 Å². The molecule has 27 heavy (non-hydrogen) atoms. The largest absolute Gasteiger partial charge is 0.357 e. The van der Waals surface area contributed by atoms with Gasteiger partial charge in [0.1, 0.15) is 11.6 Å². The molecule has 0 unspecified atom stereocenters. The number of benzene rings is 2. The molecule has 5 heteroatoms. The molecule has 0 atom stereocenters. The number of hydrogen-bond donors (Lipinski definition) is 1. The number of nitrogens with zero attached hydrogens (tertiary/aromatic N) is 3. The van der Waals surface area contributed by atoms with Gasteiger partial charge in [0, 0.05) is 30.5 Å². The van der Waals surface area contributed by atoms with E-state index in [9.17, 15) is 4.39 Å². The number of rotatable bonds is 8. The molecule has 1 heterocycles. The van der Waals surface area contributed by atoms with E-state index in [0.29, 0.717) is 5.95 Å².